The Morgan fingerprint density at radius 1 is 1.05 bits per heavy atom. The molecule has 2 aromatic carbocycles. The molecule has 20 heavy (non-hydrogen) atoms. The van der Waals surface area contributed by atoms with Crippen molar-refractivity contribution in [1.82, 2.24) is 10.3 Å². The van der Waals surface area contributed by atoms with Gasteiger partial charge in [-0.25, -0.2) is 4.63 Å². The fourth-order valence-electron chi connectivity index (χ4n) is 2.17. The van der Waals surface area contributed by atoms with Gasteiger partial charge in [0.2, 0.25) is 0 Å². The van der Waals surface area contributed by atoms with Crippen LogP contribution < -0.4 is 11.1 Å². The lowest BCUT2D eigenvalue weighted by Crippen LogP contribution is -2.07. The van der Waals surface area contributed by atoms with E-state index < -0.39 is 0 Å². The minimum absolute atomic E-state index is 0.152. The Morgan fingerprint density at radius 2 is 1.75 bits per heavy atom. The largest absolute Gasteiger partial charge is 0.397 e. The van der Waals surface area contributed by atoms with Crippen LogP contribution in [-0.4, -0.2) is 10.3 Å². The Morgan fingerprint density at radius 3 is 2.50 bits per heavy atom. The van der Waals surface area contributed by atoms with Crippen LogP contribution in [0.1, 0.15) is 24.1 Å². The average molecular weight is 268 g/mol. The van der Waals surface area contributed by atoms with E-state index >= 15 is 0 Å². The summed E-state index contributed by atoms with van der Waals surface area (Å²) in [6, 6.07) is 12.3. The van der Waals surface area contributed by atoms with E-state index in [-0.39, 0.29) is 6.04 Å². The third-order valence-electron chi connectivity index (χ3n) is 3.40. The maximum absolute atomic E-state index is 5.84. The highest BCUT2D eigenvalue weighted by Gasteiger charge is 2.12. The summed E-state index contributed by atoms with van der Waals surface area (Å²) in [5, 5.41) is 11.1. The average Bonchev–Trinajstić information content (AvgIpc) is 2.93. The van der Waals surface area contributed by atoms with Crippen molar-refractivity contribution in [2.45, 2.75) is 19.9 Å². The summed E-state index contributed by atoms with van der Waals surface area (Å²) in [5.74, 6) is 0. The van der Waals surface area contributed by atoms with Gasteiger partial charge in [0, 0.05) is 6.04 Å². The van der Waals surface area contributed by atoms with Crippen molar-refractivity contribution in [3.8, 4) is 0 Å². The van der Waals surface area contributed by atoms with Crippen LogP contribution in [0.3, 0.4) is 0 Å². The number of fused-ring (bicyclic) bond motifs is 1. The molecule has 0 spiro atoms. The first-order valence-electron chi connectivity index (χ1n) is 6.49. The Kier molecular flexibility index (Phi) is 3.02. The van der Waals surface area contributed by atoms with E-state index in [9.17, 15) is 0 Å². The number of nitrogen functional groups attached to an aromatic ring is 1. The van der Waals surface area contributed by atoms with E-state index in [0.717, 1.165) is 5.69 Å². The lowest BCUT2D eigenvalue weighted by Gasteiger charge is -2.16. The van der Waals surface area contributed by atoms with Gasteiger partial charge in [0.1, 0.15) is 0 Å². The molecule has 1 atom stereocenters. The van der Waals surface area contributed by atoms with Gasteiger partial charge >= 0.3 is 0 Å². The molecule has 3 aromatic rings. The van der Waals surface area contributed by atoms with Gasteiger partial charge in [-0.3, -0.25) is 0 Å². The summed E-state index contributed by atoms with van der Waals surface area (Å²) in [6.07, 6.45) is 0. The summed E-state index contributed by atoms with van der Waals surface area (Å²) in [7, 11) is 0. The highest BCUT2D eigenvalue weighted by molar-refractivity contribution is 5.95. The van der Waals surface area contributed by atoms with Gasteiger partial charge in [0.05, 0.1) is 11.4 Å². The van der Waals surface area contributed by atoms with Crippen LogP contribution in [0, 0.1) is 6.92 Å². The van der Waals surface area contributed by atoms with E-state index in [4.69, 9.17) is 10.4 Å². The number of rotatable bonds is 3. The third kappa shape index (κ3) is 2.18. The number of nitrogens with zero attached hydrogens (tertiary/aromatic N) is 2. The zero-order valence-corrected chi connectivity index (χ0v) is 11.4. The first-order chi connectivity index (χ1) is 9.65. The smallest absolute Gasteiger partial charge is 0.160 e. The molecule has 3 rings (SSSR count). The summed E-state index contributed by atoms with van der Waals surface area (Å²) in [4.78, 5) is 0. The van der Waals surface area contributed by atoms with Crippen molar-refractivity contribution in [1.29, 1.82) is 0 Å². The third-order valence-corrected chi connectivity index (χ3v) is 3.40. The number of hydrogen-bond donors (Lipinski definition) is 2. The van der Waals surface area contributed by atoms with E-state index in [2.05, 4.69) is 53.7 Å². The number of aryl methyl sites for hydroxylation is 1. The fraction of sp³-hybridized carbons (Fsp3) is 0.200. The SMILES string of the molecule is Cc1ccc(C(C)Nc2ccc(N)c3nonc23)cc1. The van der Waals surface area contributed by atoms with Crippen LogP contribution in [0.4, 0.5) is 11.4 Å². The fourth-order valence-corrected chi connectivity index (χ4v) is 2.17. The van der Waals surface area contributed by atoms with E-state index in [0.29, 0.717) is 16.7 Å². The summed E-state index contributed by atoms with van der Waals surface area (Å²) in [5.41, 5.74) is 11.0. The normalized spacial score (nSPS) is 12.5. The minimum Gasteiger partial charge on any atom is -0.397 e. The Labute approximate surface area is 116 Å². The molecule has 1 aromatic heterocycles. The first-order valence-corrected chi connectivity index (χ1v) is 6.49. The van der Waals surface area contributed by atoms with Crippen LogP contribution in [0.25, 0.3) is 11.0 Å². The van der Waals surface area contributed by atoms with Crippen molar-refractivity contribution in [3.05, 3.63) is 47.5 Å². The Balaban J connectivity index is 1.91. The number of hydrogen-bond acceptors (Lipinski definition) is 5. The highest BCUT2D eigenvalue weighted by atomic mass is 16.6. The molecule has 102 valence electrons. The topological polar surface area (TPSA) is 77.0 Å². The molecule has 1 unspecified atom stereocenters. The molecule has 0 aliphatic rings. The van der Waals surface area contributed by atoms with Crippen molar-refractivity contribution in [2.24, 2.45) is 0 Å². The molecule has 0 saturated carbocycles. The number of nitrogens with one attached hydrogen (secondary N) is 1. The van der Waals surface area contributed by atoms with Gasteiger partial charge < -0.3 is 11.1 Å². The second kappa shape index (κ2) is 4.85. The van der Waals surface area contributed by atoms with E-state index in [1.165, 1.54) is 11.1 Å². The lowest BCUT2D eigenvalue weighted by molar-refractivity contribution is 0.315. The van der Waals surface area contributed by atoms with E-state index in [1.807, 2.05) is 6.07 Å². The van der Waals surface area contributed by atoms with Crippen LogP contribution in [0.15, 0.2) is 41.0 Å². The standard InChI is InChI=1S/C15H16N4O/c1-9-3-5-11(6-4-9)10(2)17-13-8-7-12(16)14-15(13)19-20-18-14/h3-8,10,17H,16H2,1-2H3. The summed E-state index contributed by atoms with van der Waals surface area (Å²) >= 11 is 0. The second-order valence-corrected chi connectivity index (χ2v) is 4.94. The quantitative estimate of drug-likeness (QED) is 0.713. The van der Waals surface area contributed by atoms with Gasteiger partial charge in [-0.2, -0.15) is 0 Å². The Bertz CT molecular complexity index is 733. The number of nitrogens with two attached hydrogens (primary N) is 1. The first kappa shape index (κ1) is 12.5. The molecule has 0 aliphatic carbocycles. The zero-order valence-electron chi connectivity index (χ0n) is 11.4. The predicted molar refractivity (Wildman–Crippen MR) is 79.4 cm³/mol. The van der Waals surface area contributed by atoms with Gasteiger partial charge in [-0.15, -0.1) is 0 Å². The second-order valence-electron chi connectivity index (χ2n) is 4.94. The van der Waals surface area contributed by atoms with Crippen LogP contribution in [0.2, 0.25) is 0 Å². The summed E-state index contributed by atoms with van der Waals surface area (Å²) < 4.78 is 4.77. The highest BCUT2D eigenvalue weighted by Crippen LogP contribution is 2.28. The molecular formula is C15H16N4O. The maximum atomic E-state index is 5.84. The molecule has 0 fully saturated rings. The van der Waals surface area contributed by atoms with Crippen molar-refractivity contribution in [3.63, 3.8) is 0 Å². The van der Waals surface area contributed by atoms with Crippen molar-refractivity contribution in [2.75, 3.05) is 11.1 Å². The molecule has 5 heteroatoms. The molecular weight excluding hydrogens is 252 g/mol. The van der Waals surface area contributed by atoms with Gasteiger partial charge in [-0.05, 0) is 41.9 Å². The van der Waals surface area contributed by atoms with Crippen LogP contribution in [-0.2, 0) is 0 Å². The van der Waals surface area contributed by atoms with E-state index in [1.54, 1.807) is 6.07 Å². The number of aromatic nitrogens is 2. The lowest BCUT2D eigenvalue weighted by atomic mass is 10.1. The molecule has 0 amide bonds. The number of anilines is 2. The van der Waals surface area contributed by atoms with Crippen molar-refractivity contribution < 1.29 is 4.63 Å². The zero-order chi connectivity index (χ0) is 14.1. The monoisotopic (exact) mass is 268 g/mol. The van der Waals surface area contributed by atoms with Gasteiger partial charge in [-0.1, -0.05) is 29.8 Å². The molecule has 1 heterocycles. The maximum Gasteiger partial charge on any atom is 0.160 e. The minimum atomic E-state index is 0.152. The molecule has 5 nitrogen and oxygen atoms in total. The number of benzene rings is 2. The van der Waals surface area contributed by atoms with Gasteiger partial charge in [0.15, 0.2) is 11.0 Å². The predicted octanol–water partition coefficient (Wildman–Crippen LogP) is 3.29. The molecule has 3 N–H and O–H groups in total. The molecule has 0 bridgehead atoms. The Hall–Kier alpha value is -2.56. The summed E-state index contributed by atoms with van der Waals surface area (Å²) in [6.45, 7) is 4.17. The molecule has 0 saturated heterocycles. The van der Waals surface area contributed by atoms with Crippen LogP contribution >= 0.6 is 0 Å². The molecule has 0 radical (unpaired) electrons. The molecule has 0 aliphatic heterocycles. The van der Waals surface area contributed by atoms with Crippen LogP contribution in [0.5, 0.6) is 0 Å². The van der Waals surface area contributed by atoms with Crippen molar-refractivity contribution >= 4 is 22.4 Å². The van der Waals surface area contributed by atoms with Gasteiger partial charge in [0.25, 0.3) is 0 Å².